The number of anilines is 1. The lowest BCUT2D eigenvalue weighted by Gasteiger charge is -2.14. The lowest BCUT2D eigenvalue weighted by atomic mass is 10.2. The molecule has 0 heterocycles. The van der Waals surface area contributed by atoms with Gasteiger partial charge in [0.25, 0.3) is 5.91 Å². The molecular formula is C16H18N2O6S. The van der Waals surface area contributed by atoms with Crippen LogP contribution in [-0.2, 0) is 10.0 Å². The quantitative estimate of drug-likeness (QED) is 0.802. The molecule has 0 aliphatic carbocycles. The second kappa shape index (κ2) is 7.41. The fourth-order valence-corrected chi connectivity index (χ4v) is 2.67. The maximum absolute atomic E-state index is 12.3. The monoisotopic (exact) mass is 366 g/mol. The third-order valence-electron chi connectivity index (χ3n) is 3.37. The van der Waals surface area contributed by atoms with E-state index in [1.165, 1.54) is 45.6 Å². The zero-order valence-corrected chi connectivity index (χ0v) is 14.7. The molecule has 0 saturated carbocycles. The zero-order chi connectivity index (χ0) is 18.6. The predicted octanol–water partition coefficient (Wildman–Crippen LogP) is 1.61. The van der Waals surface area contributed by atoms with Gasteiger partial charge in [0.1, 0.15) is 0 Å². The molecule has 2 rings (SSSR count). The molecule has 0 radical (unpaired) electrons. The summed E-state index contributed by atoms with van der Waals surface area (Å²) >= 11 is 0. The van der Waals surface area contributed by atoms with E-state index < -0.39 is 15.9 Å². The maximum atomic E-state index is 12.3. The maximum Gasteiger partial charge on any atom is 0.255 e. The normalized spacial score (nSPS) is 10.9. The van der Waals surface area contributed by atoms with Crippen molar-refractivity contribution in [2.75, 3.05) is 26.6 Å². The molecule has 25 heavy (non-hydrogen) atoms. The number of benzene rings is 2. The topological polar surface area (TPSA) is 117 Å². The summed E-state index contributed by atoms with van der Waals surface area (Å²) in [5.41, 5.74) is 0.691. The molecule has 0 aliphatic rings. The van der Waals surface area contributed by atoms with E-state index in [0.717, 1.165) is 0 Å². The fraction of sp³-hybridized carbons (Fsp3) is 0.188. The molecular weight excluding hydrogens is 348 g/mol. The number of hydrogen-bond donors (Lipinski definition) is 2. The number of sulfonamides is 1. The average molecular weight is 366 g/mol. The van der Waals surface area contributed by atoms with Crippen molar-refractivity contribution < 1.29 is 27.4 Å². The second-order valence-electron chi connectivity index (χ2n) is 4.94. The van der Waals surface area contributed by atoms with E-state index in [4.69, 9.17) is 19.3 Å². The van der Waals surface area contributed by atoms with Crippen LogP contribution in [0.4, 0.5) is 5.69 Å². The van der Waals surface area contributed by atoms with E-state index in [-0.39, 0.29) is 10.5 Å². The van der Waals surface area contributed by atoms with Crippen molar-refractivity contribution in [3.63, 3.8) is 0 Å². The fourth-order valence-electron chi connectivity index (χ4n) is 2.15. The SMILES string of the molecule is COc1cc(NC(=O)c2ccc(S(N)(=O)=O)cc2)cc(OC)c1OC. The Hall–Kier alpha value is -2.78. The van der Waals surface area contributed by atoms with E-state index in [0.29, 0.717) is 22.9 Å². The molecule has 0 bridgehead atoms. The van der Waals surface area contributed by atoms with Gasteiger partial charge >= 0.3 is 0 Å². The Morgan fingerprint density at radius 2 is 1.48 bits per heavy atom. The van der Waals surface area contributed by atoms with Crippen LogP contribution in [0.5, 0.6) is 17.2 Å². The van der Waals surface area contributed by atoms with Crippen molar-refractivity contribution in [2.24, 2.45) is 5.14 Å². The number of nitrogens with one attached hydrogen (secondary N) is 1. The van der Waals surface area contributed by atoms with Crippen molar-refractivity contribution in [2.45, 2.75) is 4.90 Å². The highest BCUT2D eigenvalue weighted by atomic mass is 32.2. The molecule has 9 heteroatoms. The molecule has 0 fully saturated rings. The first-order valence-electron chi connectivity index (χ1n) is 7.04. The van der Waals surface area contributed by atoms with Crippen LogP contribution in [0.3, 0.4) is 0 Å². The highest BCUT2D eigenvalue weighted by Crippen LogP contribution is 2.40. The standard InChI is InChI=1S/C16H18N2O6S/c1-22-13-8-11(9-14(23-2)15(13)24-3)18-16(19)10-4-6-12(7-5-10)25(17,20)21/h4-9H,1-3H3,(H,18,19)(H2,17,20,21). The molecule has 2 aromatic rings. The first-order chi connectivity index (χ1) is 11.8. The summed E-state index contributed by atoms with van der Waals surface area (Å²) in [6.45, 7) is 0. The van der Waals surface area contributed by atoms with Crippen molar-refractivity contribution in [1.29, 1.82) is 0 Å². The van der Waals surface area contributed by atoms with Crippen molar-refractivity contribution in [3.05, 3.63) is 42.0 Å². The summed E-state index contributed by atoms with van der Waals surface area (Å²) in [4.78, 5) is 12.3. The van der Waals surface area contributed by atoms with Gasteiger partial charge in [-0.05, 0) is 24.3 Å². The molecule has 0 aliphatic heterocycles. The number of methoxy groups -OCH3 is 3. The van der Waals surface area contributed by atoms with Gasteiger partial charge in [-0.3, -0.25) is 4.79 Å². The number of nitrogens with two attached hydrogens (primary N) is 1. The first-order valence-corrected chi connectivity index (χ1v) is 8.59. The van der Waals surface area contributed by atoms with Crippen LogP contribution in [0.25, 0.3) is 0 Å². The van der Waals surface area contributed by atoms with Crippen LogP contribution >= 0.6 is 0 Å². The van der Waals surface area contributed by atoms with Gasteiger partial charge in [-0.2, -0.15) is 0 Å². The molecule has 0 aromatic heterocycles. The number of carbonyl (C=O) groups excluding carboxylic acids is 1. The third-order valence-corrected chi connectivity index (χ3v) is 4.30. The largest absolute Gasteiger partial charge is 0.493 e. The molecule has 3 N–H and O–H groups in total. The van der Waals surface area contributed by atoms with Crippen molar-refractivity contribution in [1.82, 2.24) is 0 Å². The Kier molecular flexibility index (Phi) is 5.50. The van der Waals surface area contributed by atoms with Crippen molar-refractivity contribution >= 4 is 21.6 Å². The van der Waals surface area contributed by atoms with Gasteiger partial charge in [-0.15, -0.1) is 0 Å². The summed E-state index contributed by atoms with van der Waals surface area (Å²) in [5.74, 6) is 0.749. The highest BCUT2D eigenvalue weighted by molar-refractivity contribution is 7.89. The van der Waals surface area contributed by atoms with E-state index in [2.05, 4.69) is 5.32 Å². The molecule has 134 valence electrons. The van der Waals surface area contributed by atoms with Crippen LogP contribution in [-0.4, -0.2) is 35.7 Å². The van der Waals surface area contributed by atoms with E-state index >= 15 is 0 Å². The summed E-state index contributed by atoms with van der Waals surface area (Å²) in [5, 5.41) is 7.71. The number of primary sulfonamides is 1. The van der Waals surface area contributed by atoms with Gasteiger partial charge in [0.15, 0.2) is 11.5 Å². The Bertz CT molecular complexity index is 853. The molecule has 0 unspecified atom stereocenters. The average Bonchev–Trinajstić information content (AvgIpc) is 2.60. The van der Waals surface area contributed by atoms with Crippen LogP contribution in [0, 0.1) is 0 Å². The summed E-state index contributed by atoms with van der Waals surface area (Å²) in [6, 6.07) is 8.43. The molecule has 2 aromatic carbocycles. The van der Waals surface area contributed by atoms with E-state index in [1.807, 2.05) is 0 Å². The lowest BCUT2D eigenvalue weighted by molar-refractivity contribution is 0.102. The minimum absolute atomic E-state index is 0.0724. The van der Waals surface area contributed by atoms with Gasteiger partial charge in [-0.1, -0.05) is 0 Å². The molecule has 0 saturated heterocycles. The van der Waals surface area contributed by atoms with Crippen molar-refractivity contribution in [3.8, 4) is 17.2 Å². The van der Waals surface area contributed by atoms with Gasteiger partial charge in [0.2, 0.25) is 15.8 Å². The predicted molar refractivity (Wildman–Crippen MR) is 91.9 cm³/mol. The Morgan fingerprint density at radius 3 is 1.88 bits per heavy atom. The van der Waals surface area contributed by atoms with Crippen LogP contribution in [0.15, 0.2) is 41.3 Å². The van der Waals surface area contributed by atoms with Gasteiger partial charge in [0, 0.05) is 23.4 Å². The first kappa shape index (κ1) is 18.6. The molecule has 8 nitrogen and oxygen atoms in total. The van der Waals surface area contributed by atoms with Gasteiger partial charge < -0.3 is 19.5 Å². The number of carbonyl (C=O) groups is 1. The van der Waals surface area contributed by atoms with Crippen LogP contribution in [0.1, 0.15) is 10.4 Å². The molecule has 1 amide bonds. The Labute approximate surface area is 145 Å². The molecule has 0 spiro atoms. The van der Waals surface area contributed by atoms with E-state index in [1.54, 1.807) is 12.1 Å². The smallest absolute Gasteiger partial charge is 0.255 e. The molecule has 0 atom stereocenters. The number of hydrogen-bond acceptors (Lipinski definition) is 6. The lowest BCUT2D eigenvalue weighted by Crippen LogP contribution is -2.14. The number of ether oxygens (including phenoxy) is 3. The Morgan fingerprint density at radius 1 is 0.960 bits per heavy atom. The summed E-state index contributed by atoms with van der Waals surface area (Å²) in [7, 11) is 0.604. The van der Waals surface area contributed by atoms with Crippen LogP contribution in [0.2, 0.25) is 0 Å². The highest BCUT2D eigenvalue weighted by Gasteiger charge is 2.15. The second-order valence-corrected chi connectivity index (χ2v) is 6.50. The number of amides is 1. The van der Waals surface area contributed by atoms with E-state index in [9.17, 15) is 13.2 Å². The summed E-state index contributed by atoms with van der Waals surface area (Å²) < 4.78 is 38.2. The minimum atomic E-state index is -3.81. The van der Waals surface area contributed by atoms with Gasteiger partial charge in [0.05, 0.1) is 26.2 Å². The minimum Gasteiger partial charge on any atom is -0.493 e. The van der Waals surface area contributed by atoms with Crippen LogP contribution < -0.4 is 24.7 Å². The third kappa shape index (κ3) is 4.20. The zero-order valence-electron chi connectivity index (χ0n) is 13.9. The Balaban J connectivity index is 2.28. The number of rotatable bonds is 6. The summed E-state index contributed by atoms with van der Waals surface area (Å²) in [6.07, 6.45) is 0. The van der Waals surface area contributed by atoms with Gasteiger partial charge in [-0.25, -0.2) is 13.6 Å².